The summed E-state index contributed by atoms with van der Waals surface area (Å²) in [4.78, 5) is 37.5. The summed E-state index contributed by atoms with van der Waals surface area (Å²) in [5.41, 5.74) is 0.885. The number of carbonyl (C=O) groups is 2. The average molecular weight is 367 g/mol. The Kier molecular flexibility index (Phi) is 5.93. The second kappa shape index (κ2) is 8.55. The first-order chi connectivity index (χ1) is 13.1. The molecule has 2 aromatic rings. The standard InChI is InChI=1S/C20H21N3O4/c24-19(16-9-4-5-10-17(16)23(26)27)14-22-12-6-11-18(22)20(25)21-13-15-7-2-1-3-8-15/h1-5,7-10,18H,6,11-14H2,(H,21,25)/t18-/m0/s1. The Labute approximate surface area is 157 Å². The lowest BCUT2D eigenvalue weighted by Crippen LogP contribution is -2.44. The number of nitrogens with zero attached hydrogens (tertiary/aromatic N) is 2. The molecule has 0 spiro atoms. The molecule has 1 N–H and O–H groups in total. The van der Waals surface area contributed by atoms with Crippen LogP contribution in [-0.4, -0.2) is 40.6 Å². The van der Waals surface area contributed by atoms with Gasteiger partial charge < -0.3 is 5.32 Å². The number of likely N-dealkylation sites (tertiary alicyclic amines) is 1. The molecule has 0 aromatic heterocycles. The molecule has 1 heterocycles. The maximum atomic E-state index is 12.6. The van der Waals surface area contributed by atoms with Gasteiger partial charge in [0.25, 0.3) is 5.69 Å². The highest BCUT2D eigenvalue weighted by atomic mass is 16.6. The summed E-state index contributed by atoms with van der Waals surface area (Å²) >= 11 is 0. The molecule has 7 nitrogen and oxygen atoms in total. The molecule has 1 fully saturated rings. The second-order valence-corrected chi connectivity index (χ2v) is 6.53. The van der Waals surface area contributed by atoms with Crippen LogP contribution in [0.1, 0.15) is 28.8 Å². The van der Waals surface area contributed by atoms with Crippen LogP contribution in [0, 0.1) is 10.1 Å². The molecule has 1 amide bonds. The predicted molar refractivity (Wildman–Crippen MR) is 100 cm³/mol. The van der Waals surface area contributed by atoms with Crippen LogP contribution < -0.4 is 5.32 Å². The third-order valence-electron chi connectivity index (χ3n) is 4.72. The molecule has 140 valence electrons. The van der Waals surface area contributed by atoms with Crippen molar-refractivity contribution in [2.75, 3.05) is 13.1 Å². The van der Waals surface area contributed by atoms with Gasteiger partial charge in [-0.2, -0.15) is 0 Å². The lowest BCUT2D eigenvalue weighted by atomic mass is 10.1. The summed E-state index contributed by atoms with van der Waals surface area (Å²) in [5, 5.41) is 14.0. The molecule has 27 heavy (non-hydrogen) atoms. The summed E-state index contributed by atoms with van der Waals surface area (Å²) in [6, 6.07) is 15.1. The summed E-state index contributed by atoms with van der Waals surface area (Å²) in [5.74, 6) is -0.461. The largest absolute Gasteiger partial charge is 0.351 e. The van der Waals surface area contributed by atoms with Crippen molar-refractivity contribution in [1.82, 2.24) is 10.2 Å². The number of carbonyl (C=O) groups excluding carboxylic acids is 2. The van der Waals surface area contributed by atoms with Gasteiger partial charge in [-0.1, -0.05) is 42.5 Å². The third kappa shape index (κ3) is 4.57. The van der Waals surface area contributed by atoms with Gasteiger partial charge in [-0.05, 0) is 31.0 Å². The number of nitro benzene ring substituents is 1. The van der Waals surface area contributed by atoms with Crippen molar-refractivity contribution < 1.29 is 14.5 Å². The van der Waals surface area contributed by atoms with Crippen molar-refractivity contribution in [3.8, 4) is 0 Å². The number of Topliss-reactive ketones (excluding diaryl/α,β-unsaturated/α-hetero) is 1. The molecular formula is C20H21N3O4. The van der Waals surface area contributed by atoms with Crippen LogP contribution in [0.3, 0.4) is 0 Å². The SMILES string of the molecule is O=C(CN1CCC[C@H]1C(=O)NCc1ccccc1)c1ccccc1[N+](=O)[O-]. The molecule has 0 radical (unpaired) electrons. The number of nitrogens with one attached hydrogen (secondary N) is 1. The van der Waals surface area contributed by atoms with Gasteiger partial charge in [0, 0.05) is 12.6 Å². The maximum absolute atomic E-state index is 12.6. The first-order valence-electron chi connectivity index (χ1n) is 8.88. The van der Waals surface area contributed by atoms with Crippen molar-refractivity contribution >= 4 is 17.4 Å². The number of ketones is 1. The number of hydrogen-bond acceptors (Lipinski definition) is 5. The number of amides is 1. The lowest BCUT2D eigenvalue weighted by molar-refractivity contribution is -0.385. The predicted octanol–water partition coefficient (Wildman–Crippen LogP) is 2.56. The van der Waals surface area contributed by atoms with Crippen LogP contribution in [0.5, 0.6) is 0 Å². The Balaban J connectivity index is 1.63. The van der Waals surface area contributed by atoms with Crippen LogP contribution in [-0.2, 0) is 11.3 Å². The molecular weight excluding hydrogens is 346 g/mol. The van der Waals surface area contributed by atoms with Crippen molar-refractivity contribution in [3.05, 3.63) is 75.8 Å². The van der Waals surface area contributed by atoms with E-state index in [2.05, 4.69) is 5.32 Å². The van der Waals surface area contributed by atoms with E-state index in [-0.39, 0.29) is 35.5 Å². The van der Waals surface area contributed by atoms with E-state index >= 15 is 0 Å². The number of benzene rings is 2. The van der Waals surface area contributed by atoms with Gasteiger partial charge in [-0.3, -0.25) is 24.6 Å². The van der Waals surface area contributed by atoms with Crippen molar-refractivity contribution in [3.63, 3.8) is 0 Å². The van der Waals surface area contributed by atoms with Crippen molar-refractivity contribution in [1.29, 1.82) is 0 Å². The average Bonchev–Trinajstić information content (AvgIpc) is 3.15. The van der Waals surface area contributed by atoms with Crippen LogP contribution in [0.15, 0.2) is 54.6 Å². The van der Waals surface area contributed by atoms with Crippen molar-refractivity contribution in [2.24, 2.45) is 0 Å². The molecule has 1 aliphatic rings. The first-order valence-corrected chi connectivity index (χ1v) is 8.88. The molecule has 0 bridgehead atoms. The highest BCUT2D eigenvalue weighted by molar-refractivity contribution is 6.01. The molecule has 1 saturated heterocycles. The molecule has 3 rings (SSSR count). The fourth-order valence-corrected chi connectivity index (χ4v) is 3.35. The van der Waals surface area contributed by atoms with E-state index < -0.39 is 4.92 Å². The smallest absolute Gasteiger partial charge is 0.280 e. The van der Waals surface area contributed by atoms with Gasteiger partial charge in [-0.15, -0.1) is 0 Å². The summed E-state index contributed by atoms with van der Waals surface area (Å²) in [6.07, 6.45) is 1.48. The normalized spacial score (nSPS) is 16.8. The Morgan fingerprint density at radius 2 is 1.81 bits per heavy atom. The van der Waals surface area contributed by atoms with Gasteiger partial charge in [0.05, 0.1) is 23.1 Å². The van der Waals surface area contributed by atoms with E-state index in [1.54, 1.807) is 11.0 Å². The Morgan fingerprint density at radius 1 is 1.11 bits per heavy atom. The topological polar surface area (TPSA) is 92.6 Å². The summed E-state index contributed by atoms with van der Waals surface area (Å²) in [6.45, 7) is 1.05. The molecule has 7 heteroatoms. The van der Waals surface area contributed by atoms with Gasteiger partial charge >= 0.3 is 0 Å². The molecule has 0 saturated carbocycles. The van der Waals surface area contributed by atoms with Crippen LogP contribution in [0.2, 0.25) is 0 Å². The molecule has 2 aromatic carbocycles. The highest BCUT2D eigenvalue weighted by Gasteiger charge is 2.33. The second-order valence-electron chi connectivity index (χ2n) is 6.53. The first kappa shape index (κ1) is 18.7. The van der Waals surface area contributed by atoms with E-state index in [9.17, 15) is 19.7 Å². The van der Waals surface area contributed by atoms with Crippen LogP contribution in [0.25, 0.3) is 0 Å². The Hall–Kier alpha value is -3.06. The molecule has 0 aliphatic carbocycles. The minimum absolute atomic E-state index is 0.00568. The molecule has 0 unspecified atom stereocenters. The summed E-state index contributed by atoms with van der Waals surface area (Å²) < 4.78 is 0. The monoisotopic (exact) mass is 367 g/mol. The van der Waals surface area contributed by atoms with Gasteiger partial charge in [0.2, 0.25) is 5.91 Å². The molecule has 1 atom stereocenters. The van der Waals surface area contributed by atoms with E-state index in [1.165, 1.54) is 18.2 Å². The fraction of sp³-hybridized carbons (Fsp3) is 0.300. The van der Waals surface area contributed by atoms with Crippen molar-refractivity contribution in [2.45, 2.75) is 25.4 Å². The minimum atomic E-state index is -0.554. The molecule has 1 aliphatic heterocycles. The highest BCUT2D eigenvalue weighted by Crippen LogP contribution is 2.22. The lowest BCUT2D eigenvalue weighted by Gasteiger charge is -2.23. The van der Waals surface area contributed by atoms with E-state index in [0.717, 1.165) is 12.0 Å². The maximum Gasteiger partial charge on any atom is 0.280 e. The zero-order valence-corrected chi connectivity index (χ0v) is 14.8. The number of para-hydroxylation sites is 1. The fourth-order valence-electron chi connectivity index (χ4n) is 3.35. The van der Waals surface area contributed by atoms with Crippen LogP contribution in [0.4, 0.5) is 5.69 Å². The number of nitro groups is 1. The van der Waals surface area contributed by atoms with E-state index in [0.29, 0.717) is 19.5 Å². The zero-order valence-electron chi connectivity index (χ0n) is 14.8. The van der Waals surface area contributed by atoms with Gasteiger partial charge in [0.1, 0.15) is 0 Å². The van der Waals surface area contributed by atoms with Gasteiger partial charge in [0.15, 0.2) is 5.78 Å². The zero-order chi connectivity index (χ0) is 19.2. The number of hydrogen-bond donors (Lipinski definition) is 1. The van der Waals surface area contributed by atoms with Gasteiger partial charge in [-0.25, -0.2) is 0 Å². The Bertz CT molecular complexity index is 838. The minimum Gasteiger partial charge on any atom is -0.351 e. The number of rotatable bonds is 7. The Morgan fingerprint density at radius 3 is 2.56 bits per heavy atom. The van der Waals surface area contributed by atoms with E-state index in [4.69, 9.17) is 0 Å². The summed E-state index contributed by atoms with van der Waals surface area (Å²) in [7, 11) is 0. The quantitative estimate of drug-likeness (QED) is 0.461. The van der Waals surface area contributed by atoms with E-state index in [1.807, 2.05) is 30.3 Å². The third-order valence-corrected chi connectivity index (χ3v) is 4.72. The van der Waals surface area contributed by atoms with Crippen LogP contribution >= 0.6 is 0 Å².